The second-order valence-electron chi connectivity index (χ2n) is 5.49. The first-order chi connectivity index (χ1) is 8.99. The molecule has 1 heterocycles. The molecule has 0 aliphatic carbocycles. The van der Waals surface area contributed by atoms with Gasteiger partial charge in [0, 0.05) is 12.1 Å². The van der Waals surface area contributed by atoms with Crippen LogP contribution in [-0.2, 0) is 0 Å². The fourth-order valence-electron chi connectivity index (χ4n) is 2.65. The van der Waals surface area contributed by atoms with Crippen molar-refractivity contribution in [3.8, 4) is 0 Å². The number of hydrogen-bond acceptors (Lipinski definition) is 2. The summed E-state index contributed by atoms with van der Waals surface area (Å²) in [5.74, 6) is -0.395. The second-order valence-corrected chi connectivity index (χ2v) is 5.49. The molecule has 0 saturated carbocycles. The predicted molar refractivity (Wildman–Crippen MR) is 73.6 cm³/mol. The van der Waals surface area contributed by atoms with Crippen molar-refractivity contribution in [3.05, 3.63) is 35.1 Å². The molecule has 0 bridgehead atoms. The van der Waals surface area contributed by atoms with E-state index in [-0.39, 0.29) is 23.6 Å². The Balaban J connectivity index is 2.14. The van der Waals surface area contributed by atoms with Crippen LogP contribution in [0.3, 0.4) is 0 Å². The molecule has 0 aromatic heterocycles. The molecule has 1 fully saturated rings. The molecule has 1 aromatic carbocycles. The number of aryl methyl sites for hydroxylation is 1. The van der Waals surface area contributed by atoms with Crippen molar-refractivity contribution in [2.75, 3.05) is 6.54 Å². The van der Waals surface area contributed by atoms with Crippen LogP contribution in [0.15, 0.2) is 18.2 Å². The summed E-state index contributed by atoms with van der Waals surface area (Å²) in [5, 5.41) is 6.30. The van der Waals surface area contributed by atoms with Crippen molar-refractivity contribution >= 4 is 5.91 Å². The summed E-state index contributed by atoms with van der Waals surface area (Å²) in [7, 11) is 0. The second kappa shape index (κ2) is 5.70. The van der Waals surface area contributed by atoms with Crippen LogP contribution in [0.1, 0.15) is 36.2 Å². The molecule has 19 heavy (non-hydrogen) atoms. The largest absolute Gasteiger partial charge is 0.347 e. The first-order valence-electron chi connectivity index (χ1n) is 6.79. The molecule has 4 heteroatoms. The SMILES string of the molecule is Cc1ccc(F)c(C(=O)NC2C(C)CCNC2C)c1. The number of hydrogen-bond donors (Lipinski definition) is 2. The monoisotopic (exact) mass is 264 g/mol. The zero-order valence-electron chi connectivity index (χ0n) is 11.7. The zero-order chi connectivity index (χ0) is 14.0. The van der Waals surface area contributed by atoms with Crippen LogP contribution in [-0.4, -0.2) is 24.5 Å². The van der Waals surface area contributed by atoms with Crippen LogP contribution < -0.4 is 10.6 Å². The Morgan fingerprint density at radius 3 is 2.84 bits per heavy atom. The molecule has 2 rings (SSSR count). The van der Waals surface area contributed by atoms with Gasteiger partial charge >= 0.3 is 0 Å². The summed E-state index contributed by atoms with van der Waals surface area (Å²) in [4.78, 5) is 12.2. The third kappa shape index (κ3) is 3.13. The van der Waals surface area contributed by atoms with E-state index in [4.69, 9.17) is 0 Å². The van der Waals surface area contributed by atoms with E-state index in [0.29, 0.717) is 5.92 Å². The first-order valence-corrected chi connectivity index (χ1v) is 6.79. The molecular weight excluding hydrogens is 243 g/mol. The summed E-state index contributed by atoms with van der Waals surface area (Å²) in [5.41, 5.74) is 1.01. The first kappa shape index (κ1) is 14.0. The Bertz CT molecular complexity index is 465. The molecule has 2 N–H and O–H groups in total. The van der Waals surface area contributed by atoms with Crippen molar-refractivity contribution in [3.63, 3.8) is 0 Å². The topological polar surface area (TPSA) is 41.1 Å². The van der Waals surface area contributed by atoms with Gasteiger partial charge in [-0.1, -0.05) is 18.6 Å². The van der Waals surface area contributed by atoms with E-state index >= 15 is 0 Å². The number of piperidine rings is 1. The lowest BCUT2D eigenvalue weighted by Gasteiger charge is -2.36. The molecule has 3 unspecified atom stereocenters. The van der Waals surface area contributed by atoms with Gasteiger partial charge in [0.1, 0.15) is 5.82 Å². The van der Waals surface area contributed by atoms with Crippen LogP contribution in [0.25, 0.3) is 0 Å². The maximum atomic E-state index is 13.7. The Labute approximate surface area is 113 Å². The molecule has 3 atom stereocenters. The molecule has 3 nitrogen and oxygen atoms in total. The standard InChI is InChI=1S/C15H21FN2O/c1-9-4-5-13(16)12(8-9)15(19)18-14-10(2)6-7-17-11(14)3/h4-5,8,10-11,14,17H,6-7H2,1-3H3,(H,18,19). The minimum Gasteiger partial charge on any atom is -0.347 e. The van der Waals surface area contributed by atoms with Gasteiger partial charge in [-0.15, -0.1) is 0 Å². The minimum absolute atomic E-state index is 0.0427. The Kier molecular flexibility index (Phi) is 4.20. The molecule has 1 amide bonds. The quantitative estimate of drug-likeness (QED) is 0.860. The zero-order valence-corrected chi connectivity index (χ0v) is 11.7. The third-order valence-corrected chi connectivity index (χ3v) is 3.88. The average molecular weight is 264 g/mol. The van der Waals surface area contributed by atoms with E-state index in [1.807, 2.05) is 13.8 Å². The Morgan fingerprint density at radius 2 is 2.16 bits per heavy atom. The molecule has 0 spiro atoms. The number of carbonyl (C=O) groups excluding carboxylic acids is 1. The lowest BCUT2D eigenvalue weighted by Crippen LogP contribution is -2.56. The molecule has 0 radical (unpaired) electrons. The van der Waals surface area contributed by atoms with E-state index in [9.17, 15) is 9.18 Å². The van der Waals surface area contributed by atoms with E-state index in [1.165, 1.54) is 6.07 Å². The Morgan fingerprint density at radius 1 is 1.42 bits per heavy atom. The number of rotatable bonds is 2. The van der Waals surface area contributed by atoms with Gasteiger partial charge in [0.05, 0.1) is 5.56 Å². The molecule has 104 valence electrons. The summed E-state index contributed by atoms with van der Waals surface area (Å²) < 4.78 is 13.7. The van der Waals surface area contributed by atoms with E-state index < -0.39 is 5.82 Å². The highest BCUT2D eigenvalue weighted by Crippen LogP contribution is 2.17. The highest BCUT2D eigenvalue weighted by Gasteiger charge is 2.29. The average Bonchev–Trinajstić information content (AvgIpc) is 2.37. The van der Waals surface area contributed by atoms with Crippen molar-refractivity contribution in [1.82, 2.24) is 10.6 Å². The van der Waals surface area contributed by atoms with Gasteiger partial charge in [-0.25, -0.2) is 4.39 Å². The maximum Gasteiger partial charge on any atom is 0.254 e. The molecule has 1 aliphatic heterocycles. The Hall–Kier alpha value is -1.42. The van der Waals surface area contributed by atoms with Gasteiger partial charge in [0.25, 0.3) is 5.91 Å². The fraction of sp³-hybridized carbons (Fsp3) is 0.533. The fourth-order valence-corrected chi connectivity index (χ4v) is 2.65. The maximum absolute atomic E-state index is 13.7. The highest BCUT2D eigenvalue weighted by atomic mass is 19.1. The van der Waals surface area contributed by atoms with Crippen LogP contribution in [0.2, 0.25) is 0 Å². The van der Waals surface area contributed by atoms with Crippen LogP contribution in [0.5, 0.6) is 0 Å². The van der Waals surface area contributed by atoms with Gasteiger partial charge in [-0.2, -0.15) is 0 Å². The number of carbonyl (C=O) groups is 1. The van der Waals surface area contributed by atoms with Crippen molar-refractivity contribution < 1.29 is 9.18 Å². The van der Waals surface area contributed by atoms with E-state index in [0.717, 1.165) is 18.5 Å². The van der Waals surface area contributed by atoms with Gasteiger partial charge in [0.2, 0.25) is 0 Å². The number of halogens is 1. The lowest BCUT2D eigenvalue weighted by molar-refractivity contribution is 0.0893. The van der Waals surface area contributed by atoms with E-state index in [2.05, 4.69) is 17.6 Å². The van der Waals surface area contributed by atoms with Crippen molar-refractivity contribution in [2.24, 2.45) is 5.92 Å². The highest BCUT2D eigenvalue weighted by molar-refractivity contribution is 5.94. The smallest absolute Gasteiger partial charge is 0.254 e. The van der Waals surface area contributed by atoms with Gasteiger partial charge in [-0.05, 0) is 44.9 Å². The third-order valence-electron chi connectivity index (χ3n) is 3.88. The summed E-state index contributed by atoms with van der Waals surface area (Å²) in [6.07, 6.45) is 1.02. The van der Waals surface area contributed by atoms with Crippen LogP contribution in [0, 0.1) is 18.7 Å². The molecule has 1 saturated heterocycles. The molecule has 1 aromatic rings. The predicted octanol–water partition coefficient (Wildman–Crippen LogP) is 2.25. The summed E-state index contributed by atoms with van der Waals surface area (Å²) in [6.45, 7) is 6.99. The van der Waals surface area contributed by atoms with Gasteiger partial charge in [0.15, 0.2) is 0 Å². The minimum atomic E-state index is -0.466. The van der Waals surface area contributed by atoms with E-state index in [1.54, 1.807) is 12.1 Å². The van der Waals surface area contributed by atoms with Gasteiger partial charge < -0.3 is 10.6 Å². The number of amides is 1. The number of nitrogens with one attached hydrogen (secondary N) is 2. The van der Waals surface area contributed by atoms with Crippen molar-refractivity contribution in [2.45, 2.75) is 39.3 Å². The van der Waals surface area contributed by atoms with Crippen LogP contribution >= 0.6 is 0 Å². The molecule has 1 aliphatic rings. The lowest BCUT2D eigenvalue weighted by atomic mass is 9.89. The molecular formula is C15H21FN2O. The summed E-state index contributed by atoms with van der Waals surface area (Å²) in [6, 6.07) is 4.85. The van der Waals surface area contributed by atoms with Crippen molar-refractivity contribution in [1.29, 1.82) is 0 Å². The van der Waals surface area contributed by atoms with Crippen LogP contribution in [0.4, 0.5) is 4.39 Å². The van der Waals surface area contributed by atoms with Gasteiger partial charge in [-0.3, -0.25) is 4.79 Å². The number of benzene rings is 1. The normalized spacial score (nSPS) is 27.1. The summed E-state index contributed by atoms with van der Waals surface area (Å²) >= 11 is 0.